The van der Waals surface area contributed by atoms with E-state index in [0.29, 0.717) is 32.0 Å². The van der Waals surface area contributed by atoms with Gasteiger partial charge in [0.1, 0.15) is 11.2 Å². The van der Waals surface area contributed by atoms with Crippen molar-refractivity contribution in [3.05, 3.63) is 40.1 Å². The van der Waals surface area contributed by atoms with E-state index in [1.54, 1.807) is 27.7 Å². The number of nitrogens with zero attached hydrogens (tertiary/aromatic N) is 3. The van der Waals surface area contributed by atoms with Gasteiger partial charge in [0.2, 0.25) is 5.91 Å². The number of thiophene rings is 1. The molecule has 0 fully saturated rings. The Hall–Kier alpha value is -2.68. The summed E-state index contributed by atoms with van der Waals surface area (Å²) in [4.78, 5) is 46.1. The molecule has 0 aromatic carbocycles. The molecule has 8 nitrogen and oxygen atoms in total. The van der Waals surface area contributed by atoms with Crippen LogP contribution in [-0.4, -0.2) is 50.8 Å². The molecule has 2 aromatic rings. The molecule has 0 saturated heterocycles. The number of carbonyl (C=O) groups is 3. The molecule has 0 aliphatic carbocycles. The average Bonchev–Trinajstić information content (AvgIpc) is 3.38. The highest BCUT2D eigenvalue weighted by molar-refractivity contribution is 7.09. The van der Waals surface area contributed by atoms with Crippen LogP contribution >= 0.6 is 11.3 Å². The molecule has 3 rings (SSSR count). The van der Waals surface area contributed by atoms with Crippen LogP contribution in [0.15, 0.2) is 23.8 Å². The van der Waals surface area contributed by atoms with Crippen LogP contribution in [0.25, 0.3) is 0 Å². The topological polar surface area (TPSA) is 96.3 Å². The van der Waals surface area contributed by atoms with Crippen molar-refractivity contribution in [2.75, 3.05) is 13.1 Å². The Labute approximate surface area is 187 Å². The zero-order valence-electron chi connectivity index (χ0n) is 18.6. The van der Waals surface area contributed by atoms with Gasteiger partial charge in [-0.15, -0.1) is 11.3 Å². The number of imidazole rings is 1. The summed E-state index contributed by atoms with van der Waals surface area (Å²) in [6, 6.07) is 3.86. The second kappa shape index (κ2) is 9.64. The summed E-state index contributed by atoms with van der Waals surface area (Å²) in [6.45, 7) is 9.57. The molecule has 3 heterocycles. The van der Waals surface area contributed by atoms with Crippen molar-refractivity contribution in [2.24, 2.45) is 5.92 Å². The standard InChI is InChI=1S/C22H31N5O3S/c1-5-10-27-20(29)18-17(19(28)24-12-16-7-6-11-31-16)25-14-26(18)13-22(27,4)21(30)23-9-8-15(2)3/h6-7,11,14-15H,5,8-10,12-13H2,1-4H3,(H,23,30)(H,24,28). The second-order valence-corrected chi connectivity index (χ2v) is 9.53. The molecule has 1 aliphatic heterocycles. The molecule has 2 aromatic heterocycles. The van der Waals surface area contributed by atoms with Gasteiger partial charge in [-0.1, -0.05) is 26.8 Å². The number of carbonyl (C=O) groups excluding carboxylic acids is 3. The van der Waals surface area contributed by atoms with Gasteiger partial charge in [0.05, 0.1) is 19.4 Å². The lowest BCUT2D eigenvalue weighted by atomic mass is 9.93. The van der Waals surface area contributed by atoms with Crippen molar-refractivity contribution < 1.29 is 14.4 Å². The van der Waals surface area contributed by atoms with E-state index in [1.165, 1.54) is 6.33 Å². The Bertz CT molecular complexity index is 937. The molecule has 168 valence electrons. The molecule has 0 bridgehead atoms. The minimum Gasteiger partial charge on any atom is -0.354 e. The first-order valence-electron chi connectivity index (χ1n) is 10.7. The Balaban J connectivity index is 1.82. The predicted molar refractivity (Wildman–Crippen MR) is 120 cm³/mol. The largest absolute Gasteiger partial charge is 0.354 e. The normalized spacial score (nSPS) is 18.2. The summed E-state index contributed by atoms with van der Waals surface area (Å²) >= 11 is 1.55. The summed E-state index contributed by atoms with van der Waals surface area (Å²) in [5.74, 6) is -0.438. The first-order chi connectivity index (χ1) is 14.8. The van der Waals surface area contributed by atoms with E-state index in [1.807, 2.05) is 24.4 Å². The third-order valence-corrected chi connectivity index (χ3v) is 6.40. The van der Waals surface area contributed by atoms with Crippen molar-refractivity contribution in [2.45, 2.75) is 59.2 Å². The third-order valence-electron chi connectivity index (χ3n) is 5.52. The van der Waals surface area contributed by atoms with Crippen LogP contribution in [0, 0.1) is 5.92 Å². The Morgan fingerprint density at radius 3 is 2.74 bits per heavy atom. The molecule has 0 spiro atoms. The summed E-state index contributed by atoms with van der Waals surface area (Å²) in [6.07, 6.45) is 3.05. The molecule has 0 saturated carbocycles. The maximum Gasteiger partial charge on any atom is 0.273 e. The van der Waals surface area contributed by atoms with Gasteiger partial charge in [-0.05, 0) is 37.1 Å². The fraction of sp³-hybridized carbons (Fsp3) is 0.545. The van der Waals surface area contributed by atoms with Crippen molar-refractivity contribution >= 4 is 29.1 Å². The lowest BCUT2D eigenvalue weighted by molar-refractivity contribution is -0.132. The van der Waals surface area contributed by atoms with Crippen LogP contribution in [0.1, 0.15) is 66.4 Å². The van der Waals surface area contributed by atoms with Crippen LogP contribution in [0.2, 0.25) is 0 Å². The Morgan fingerprint density at radius 1 is 1.32 bits per heavy atom. The van der Waals surface area contributed by atoms with Gasteiger partial charge in [-0.25, -0.2) is 4.98 Å². The van der Waals surface area contributed by atoms with E-state index in [9.17, 15) is 14.4 Å². The number of hydrogen-bond donors (Lipinski definition) is 2. The van der Waals surface area contributed by atoms with E-state index >= 15 is 0 Å². The van der Waals surface area contributed by atoms with Gasteiger partial charge in [0.25, 0.3) is 11.8 Å². The predicted octanol–water partition coefficient (Wildman–Crippen LogP) is 2.66. The van der Waals surface area contributed by atoms with Crippen LogP contribution in [0.5, 0.6) is 0 Å². The Kier molecular flexibility index (Phi) is 7.15. The molecule has 1 aliphatic rings. The molecule has 0 radical (unpaired) electrons. The highest BCUT2D eigenvalue weighted by Gasteiger charge is 2.48. The Morgan fingerprint density at radius 2 is 2.10 bits per heavy atom. The molecule has 1 atom stereocenters. The van der Waals surface area contributed by atoms with Crippen LogP contribution in [-0.2, 0) is 17.9 Å². The van der Waals surface area contributed by atoms with Gasteiger partial charge < -0.3 is 20.1 Å². The minimum absolute atomic E-state index is 0.102. The van der Waals surface area contributed by atoms with E-state index < -0.39 is 11.4 Å². The molecule has 31 heavy (non-hydrogen) atoms. The fourth-order valence-electron chi connectivity index (χ4n) is 3.76. The monoisotopic (exact) mass is 445 g/mol. The van der Waals surface area contributed by atoms with Crippen LogP contribution in [0.3, 0.4) is 0 Å². The average molecular weight is 446 g/mol. The van der Waals surface area contributed by atoms with E-state index in [-0.39, 0.29) is 29.7 Å². The van der Waals surface area contributed by atoms with Crippen LogP contribution < -0.4 is 10.6 Å². The number of amides is 3. The van der Waals surface area contributed by atoms with Crippen molar-refractivity contribution in [3.8, 4) is 0 Å². The first kappa shape index (κ1) is 23.0. The van der Waals surface area contributed by atoms with Crippen molar-refractivity contribution in [3.63, 3.8) is 0 Å². The van der Waals surface area contributed by atoms with Gasteiger partial charge >= 0.3 is 0 Å². The summed E-state index contributed by atoms with van der Waals surface area (Å²) in [7, 11) is 0. The second-order valence-electron chi connectivity index (χ2n) is 8.50. The highest BCUT2D eigenvalue weighted by Crippen LogP contribution is 2.29. The van der Waals surface area contributed by atoms with Crippen LogP contribution in [0.4, 0.5) is 0 Å². The lowest BCUT2D eigenvalue weighted by Crippen LogP contribution is -2.64. The fourth-order valence-corrected chi connectivity index (χ4v) is 4.40. The smallest absolute Gasteiger partial charge is 0.273 e. The summed E-state index contributed by atoms with van der Waals surface area (Å²) in [5, 5.41) is 7.76. The number of rotatable bonds is 9. The third kappa shape index (κ3) is 4.81. The van der Waals surface area contributed by atoms with Crippen molar-refractivity contribution in [1.29, 1.82) is 0 Å². The number of aromatic nitrogens is 2. The van der Waals surface area contributed by atoms with Gasteiger partial charge in [-0.3, -0.25) is 14.4 Å². The molecule has 3 amide bonds. The number of hydrogen-bond acceptors (Lipinski definition) is 5. The SMILES string of the molecule is CCCN1C(=O)c2c(C(=O)NCc3cccs3)ncn2CC1(C)C(=O)NCCC(C)C. The van der Waals surface area contributed by atoms with E-state index in [0.717, 1.165) is 11.3 Å². The molecule has 2 N–H and O–H groups in total. The quantitative estimate of drug-likeness (QED) is 0.620. The number of fused-ring (bicyclic) bond motifs is 1. The zero-order chi connectivity index (χ0) is 22.6. The highest BCUT2D eigenvalue weighted by atomic mass is 32.1. The molecular formula is C22H31N5O3S. The maximum absolute atomic E-state index is 13.4. The van der Waals surface area contributed by atoms with Gasteiger partial charge in [-0.2, -0.15) is 0 Å². The summed E-state index contributed by atoms with van der Waals surface area (Å²) in [5.41, 5.74) is -0.697. The molecule has 1 unspecified atom stereocenters. The summed E-state index contributed by atoms with van der Waals surface area (Å²) < 4.78 is 1.64. The molecule has 9 heteroatoms. The maximum atomic E-state index is 13.4. The number of nitrogens with one attached hydrogen (secondary N) is 2. The lowest BCUT2D eigenvalue weighted by Gasteiger charge is -2.43. The van der Waals surface area contributed by atoms with Gasteiger partial charge in [0.15, 0.2) is 5.69 Å². The van der Waals surface area contributed by atoms with Crippen molar-refractivity contribution in [1.82, 2.24) is 25.1 Å². The van der Waals surface area contributed by atoms with E-state index in [2.05, 4.69) is 29.5 Å². The molecular weight excluding hydrogens is 414 g/mol. The van der Waals surface area contributed by atoms with E-state index in [4.69, 9.17) is 0 Å². The zero-order valence-corrected chi connectivity index (χ0v) is 19.4. The first-order valence-corrected chi connectivity index (χ1v) is 11.6. The van der Waals surface area contributed by atoms with Gasteiger partial charge in [0, 0.05) is 18.0 Å². The minimum atomic E-state index is -1.04.